The minimum Gasteiger partial charge on any atom is -0.493 e. The van der Waals surface area contributed by atoms with Crippen molar-refractivity contribution in [3.8, 4) is 22.6 Å². The van der Waals surface area contributed by atoms with Crippen molar-refractivity contribution < 1.29 is 36.7 Å². The van der Waals surface area contributed by atoms with Crippen LogP contribution in [-0.4, -0.2) is 30.2 Å². The van der Waals surface area contributed by atoms with Crippen LogP contribution in [-0.2, 0) is 6.18 Å². The van der Waals surface area contributed by atoms with Gasteiger partial charge in [0.25, 0.3) is 5.91 Å². The molecule has 0 fully saturated rings. The number of hydrogen-bond acceptors (Lipinski definition) is 6. The van der Waals surface area contributed by atoms with Crippen LogP contribution in [0.15, 0.2) is 94.6 Å². The SMILES string of the molecule is COc1cc(C=NNC(=O)c2[nH]c3c(C(F)(F)F)cccc3c2-c2ccccc2)ccc1OC(=O)c1ccco1. The summed E-state index contributed by atoms with van der Waals surface area (Å²) in [6, 6.07) is 20.0. The van der Waals surface area contributed by atoms with Crippen molar-refractivity contribution in [2.45, 2.75) is 6.18 Å². The monoisotopic (exact) mass is 547 g/mol. The van der Waals surface area contributed by atoms with E-state index < -0.39 is 23.6 Å². The molecule has 0 radical (unpaired) electrons. The number of aromatic nitrogens is 1. The molecule has 0 aliphatic heterocycles. The first-order valence-electron chi connectivity index (χ1n) is 11.8. The van der Waals surface area contributed by atoms with E-state index in [0.717, 1.165) is 6.07 Å². The van der Waals surface area contributed by atoms with Crippen LogP contribution in [0.2, 0.25) is 0 Å². The molecule has 5 aromatic rings. The quantitative estimate of drug-likeness (QED) is 0.106. The number of hydrogen-bond donors (Lipinski definition) is 2. The Bertz CT molecular complexity index is 1710. The molecule has 0 saturated heterocycles. The highest BCUT2D eigenvalue weighted by atomic mass is 19.4. The van der Waals surface area contributed by atoms with E-state index in [0.29, 0.717) is 16.7 Å². The topological polar surface area (TPSA) is 106 Å². The number of esters is 1. The number of H-pyrrole nitrogens is 1. The smallest absolute Gasteiger partial charge is 0.418 e. The Morgan fingerprint density at radius 3 is 2.48 bits per heavy atom. The lowest BCUT2D eigenvalue weighted by Crippen LogP contribution is -2.19. The van der Waals surface area contributed by atoms with Gasteiger partial charge in [0.15, 0.2) is 11.5 Å². The molecule has 2 aromatic heterocycles. The minimum absolute atomic E-state index is 0.0182. The summed E-state index contributed by atoms with van der Waals surface area (Å²) in [5, 5.41) is 4.21. The summed E-state index contributed by atoms with van der Waals surface area (Å²) in [5.41, 5.74) is 2.56. The molecule has 0 unspecified atom stereocenters. The van der Waals surface area contributed by atoms with Crippen LogP contribution < -0.4 is 14.9 Å². The van der Waals surface area contributed by atoms with Gasteiger partial charge in [-0.1, -0.05) is 42.5 Å². The van der Waals surface area contributed by atoms with Gasteiger partial charge in [0.2, 0.25) is 5.76 Å². The summed E-state index contributed by atoms with van der Waals surface area (Å²) in [7, 11) is 1.39. The largest absolute Gasteiger partial charge is 0.493 e. The normalized spacial score (nSPS) is 11.6. The summed E-state index contributed by atoms with van der Waals surface area (Å²) in [6.07, 6.45) is -1.97. The van der Waals surface area contributed by atoms with Crippen molar-refractivity contribution in [1.82, 2.24) is 10.4 Å². The Balaban J connectivity index is 1.41. The maximum atomic E-state index is 13.7. The van der Waals surface area contributed by atoms with Gasteiger partial charge < -0.3 is 18.9 Å². The van der Waals surface area contributed by atoms with Crippen molar-refractivity contribution in [2.75, 3.05) is 7.11 Å². The molecule has 5 rings (SSSR count). The number of halogens is 3. The van der Waals surface area contributed by atoms with Gasteiger partial charge in [0, 0.05) is 10.9 Å². The van der Waals surface area contributed by atoms with Crippen molar-refractivity contribution in [1.29, 1.82) is 0 Å². The summed E-state index contributed by atoms with van der Waals surface area (Å²) >= 11 is 0. The number of carbonyl (C=O) groups excluding carboxylic acids is 2. The van der Waals surface area contributed by atoms with Crippen LogP contribution in [0, 0.1) is 0 Å². The number of nitrogens with zero attached hydrogens (tertiary/aromatic N) is 1. The zero-order valence-corrected chi connectivity index (χ0v) is 20.8. The second kappa shape index (κ2) is 10.8. The number of fused-ring (bicyclic) bond motifs is 1. The summed E-state index contributed by atoms with van der Waals surface area (Å²) < 4.78 is 56.7. The number of rotatable bonds is 7. The number of hydrazone groups is 1. The second-order valence-electron chi connectivity index (χ2n) is 8.44. The van der Waals surface area contributed by atoms with Crippen molar-refractivity contribution >= 4 is 29.0 Å². The average molecular weight is 547 g/mol. The van der Waals surface area contributed by atoms with E-state index in [1.54, 1.807) is 42.5 Å². The molecule has 40 heavy (non-hydrogen) atoms. The number of nitrogens with one attached hydrogen (secondary N) is 2. The Labute approximate surface area is 225 Å². The van der Waals surface area contributed by atoms with E-state index in [-0.39, 0.29) is 33.9 Å². The molecule has 2 N–H and O–H groups in total. The van der Waals surface area contributed by atoms with Crippen LogP contribution in [0.1, 0.15) is 32.2 Å². The highest BCUT2D eigenvalue weighted by Gasteiger charge is 2.34. The van der Waals surface area contributed by atoms with Crippen LogP contribution in [0.5, 0.6) is 11.5 Å². The van der Waals surface area contributed by atoms with Gasteiger partial charge in [-0.15, -0.1) is 0 Å². The highest BCUT2D eigenvalue weighted by molar-refractivity contribution is 6.10. The molecule has 2 heterocycles. The van der Waals surface area contributed by atoms with Crippen LogP contribution in [0.4, 0.5) is 13.2 Å². The van der Waals surface area contributed by atoms with Gasteiger partial charge in [-0.2, -0.15) is 18.3 Å². The molecule has 11 heteroatoms. The van der Waals surface area contributed by atoms with Crippen molar-refractivity contribution in [3.05, 3.63) is 108 Å². The molecular weight excluding hydrogens is 527 g/mol. The molecular formula is C29H20F3N3O5. The first kappa shape index (κ1) is 26.3. The van der Waals surface area contributed by atoms with E-state index in [1.165, 1.54) is 49.9 Å². The number of carbonyl (C=O) groups is 2. The molecule has 1 amide bonds. The molecule has 202 valence electrons. The Hall–Kier alpha value is -5.32. The fourth-order valence-electron chi connectivity index (χ4n) is 4.14. The summed E-state index contributed by atoms with van der Waals surface area (Å²) in [4.78, 5) is 28.0. The number of para-hydroxylation sites is 1. The van der Waals surface area contributed by atoms with Crippen molar-refractivity contribution in [2.24, 2.45) is 5.10 Å². The standard InChI is InChI=1S/C29H20F3N3O5/c1-38-23-15-17(12-13-21(23)40-28(37)22-11-6-14-39-22)16-33-35-27(36)26-24(18-7-3-2-4-8-18)19-9-5-10-20(25(19)34-26)29(30,31)32/h2-16,34H,1H3,(H,35,36). The third-order valence-corrected chi connectivity index (χ3v) is 5.92. The fraction of sp³-hybridized carbons (Fsp3) is 0.0690. The van der Waals surface area contributed by atoms with Gasteiger partial charge in [-0.05, 0) is 47.5 Å². The van der Waals surface area contributed by atoms with Gasteiger partial charge in [0.1, 0.15) is 5.69 Å². The van der Waals surface area contributed by atoms with E-state index in [1.807, 2.05) is 0 Å². The molecule has 8 nitrogen and oxygen atoms in total. The zero-order chi connectivity index (χ0) is 28.3. The number of furan rings is 1. The molecule has 0 saturated carbocycles. The maximum absolute atomic E-state index is 13.7. The average Bonchev–Trinajstić information content (AvgIpc) is 3.62. The lowest BCUT2D eigenvalue weighted by atomic mass is 10.0. The highest BCUT2D eigenvalue weighted by Crippen LogP contribution is 2.39. The molecule has 0 aliphatic carbocycles. The number of methoxy groups -OCH3 is 1. The van der Waals surface area contributed by atoms with E-state index >= 15 is 0 Å². The van der Waals surface area contributed by atoms with Crippen molar-refractivity contribution in [3.63, 3.8) is 0 Å². The summed E-state index contributed by atoms with van der Waals surface area (Å²) in [5.74, 6) is -1.08. The predicted octanol–water partition coefficient (Wildman–Crippen LogP) is 6.44. The van der Waals surface area contributed by atoms with E-state index in [2.05, 4.69) is 15.5 Å². The van der Waals surface area contributed by atoms with E-state index in [9.17, 15) is 22.8 Å². The maximum Gasteiger partial charge on any atom is 0.418 e. The third-order valence-electron chi connectivity index (χ3n) is 5.92. The van der Waals surface area contributed by atoms with Gasteiger partial charge in [-0.25, -0.2) is 10.2 Å². The molecule has 0 bridgehead atoms. The lowest BCUT2D eigenvalue weighted by Gasteiger charge is -2.09. The Kier molecular flexibility index (Phi) is 7.11. The van der Waals surface area contributed by atoms with Crippen LogP contribution in [0.25, 0.3) is 22.0 Å². The molecule has 0 aliphatic rings. The minimum atomic E-state index is -4.62. The lowest BCUT2D eigenvalue weighted by molar-refractivity contribution is -0.136. The number of amides is 1. The van der Waals surface area contributed by atoms with E-state index in [4.69, 9.17) is 13.9 Å². The molecule has 3 aromatic carbocycles. The van der Waals surface area contributed by atoms with Gasteiger partial charge in [0.05, 0.1) is 30.7 Å². The first-order valence-corrected chi connectivity index (χ1v) is 11.8. The van der Waals surface area contributed by atoms with Crippen LogP contribution >= 0.6 is 0 Å². The number of benzene rings is 3. The third kappa shape index (κ3) is 5.30. The molecule has 0 atom stereocenters. The Morgan fingerprint density at radius 1 is 0.975 bits per heavy atom. The number of ether oxygens (including phenoxy) is 2. The zero-order valence-electron chi connectivity index (χ0n) is 20.8. The first-order chi connectivity index (χ1) is 19.3. The van der Waals surface area contributed by atoms with Gasteiger partial charge in [-0.3, -0.25) is 4.79 Å². The second-order valence-corrected chi connectivity index (χ2v) is 8.44. The number of alkyl halides is 3. The fourth-order valence-corrected chi connectivity index (χ4v) is 4.14. The molecule has 0 spiro atoms. The van der Waals surface area contributed by atoms with Gasteiger partial charge >= 0.3 is 12.1 Å². The van der Waals surface area contributed by atoms with Crippen LogP contribution in [0.3, 0.4) is 0 Å². The summed E-state index contributed by atoms with van der Waals surface area (Å²) in [6.45, 7) is 0. The predicted molar refractivity (Wildman–Crippen MR) is 140 cm³/mol. The number of aromatic amines is 1. The Morgan fingerprint density at radius 2 is 1.77 bits per heavy atom.